The summed E-state index contributed by atoms with van der Waals surface area (Å²) in [6.45, 7) is 4.45. The van der Waals surface area contributed by atoms with Crippen LogP contribution in [0.25, 0.3) is 22.8 Å². The molecule has 4 aromatic rings. The first-order valence-electron chi connectivity index (χ1n) is 14.2. The first-order chi connectivity index (χ1) is 20.4. The van der Waals surface area contributed by atoms with E-state index in [1.165, 1.54) is 28.9 Å². The zero-order valence-electron chi connectivity index (χ0n) is 23.5. The van der Waals surface area contributed by atoms with Crippen molar-refractivity contribution in [2.45, 2.75) is 25.4 Å². The van der Waals surface area contributed by atoms with Gasteiger partial charge in [-0.2, -0.15) is 0 Å². The second-order valence-electron chi connectivity index (χ2n) is 10.8. The van der Waals surface area contributed by atoms with Gasteiger partial charge in [-0.05, 0) is 81.5 Å². The lowest BCUT2D eigenvalue weighted by Crippen LogP contribution is -2.50. The molecule has 12 heteroatoms. The Morgan fingerprint density at radius 1 is 0.881 bits per heavy atom. The number of nitrogens with one attached hydrogen (secondary N) is 1. The van der Waals surface area contributed by atoms with Gasteiger partial charge in [-0.1, -0.05) is 0 Å². The molecule has 0 unspecified atom stereocenters. The van der Waals surface area contributed by atoms with Crippen molar-refractivity contribution in [2.75, 3.05) is 56.5 Å². The predicted octanol–water partition coefficient (Wildman–Crippen LogP) is 3.54. The van der Waals surface area contributed by atoms with Gasteiger partial charge < -0.3 is 20.0 Å². The number of piperazine rings is 1. The number of benzene rings is 2. The highest BCUT2D eigenvalue weighted by Gasteiger charge is 2.25. The van der Waals surface area contributed by atoms with Gasteiger partial charge in [-0.15, -0.1) is 5.10 Å². The van der Waals surface area contributed by atoms with Gasteiger partial charge in [0.2, 0.25) is 5.91 Å². The summed E-state index contributed by atoms with van der Waals surface area (Å²) in [7, 11) is 2.14. The van der Waals surface area contributed by atoms with E-state index in [4.69, 9.17) is 0 Å². The molecular formula is C30H33F2N9O. The first-order valence-corrected chi connectivity index (χ1v) is 14.2. The van der Waals surface area contributed by atoms with Crippen molar-refractivity contribution < 1.29 is 13.6 Å². The number of carbonyl (C=O) groups excluding carboxylic acids is 1. The molecule has 4 heterocycles. The topological polar surface area (TPSA) is 95.3 Å². The molecule has 2 aliphatic rings. The van der Waals surface area contributed by atoms with Crippen molar-refractivity contribution in [1.29, 1.82) is 0 Å². The Morgan fingerprint density at radius 3 is 2.19 bits per heavy atom. The Morgan fingerprint density at radius 2 is 1.52 bits per heavy atom. The number of carbonyl (C=O) groups is 1. The standard InChI is InChI=1S/C30H33F2N9O/c1-38-12-10-25(11-13-38)35-26-18-27(34-20-33-26)39-14-16-40(17-15-39)28(42)19-41-30(22-4-8-24(32)9-5-22)36-29(37-41)21-2-6-23(31)7-3-21/h2-9,18,20,25H,10-17,19H2,1H3,(H,33,34,35). The van der Waals surface area contributed by atoms with Crippen LogP contribution < -0.4 is 10.2 Å². The molecule has 42 heavy (non-hydrogen) atoms. The third-order valence-electron chi connectivity index (χ3n) is 7.84. The second kappa shape index (κ2) is 12.2. The van der Waals surface area contributed by atoms with Crippen LogP contribution in [0.1, 0.15) is 12.8 Å². The summed E-state index contributed by atoms with van der Waals surface area (Å²) < 4.78 is 28.6. The molecule has 0 saturated carbocycles. The van der Waals surface area contributed by atoms with E-state index < -0.39 is 0 Å². The number of nitrogens with zero attached hydrogens (tertiary/aromatic N) is 8. The van der Waals surface area contributed by atoms with E-state index in [1.54, 1.807) is 30.6 Å². The molecule has 2 fully saturated rings. The maximum atomic E-state index is 13.6. The van der Waals surface area contributed by atoms with Crippen molar-refractivity contribution in [3.63, 3.8) is 0 Å². The fourth-order valence-electron chi connectivity index (χ4n) is 5.36. The smallest absolute Gasteiger partial charge is 0.244 e. The van der Waals surface area contributed by atoms with E-state index in [-0.39, 0.29) is 24.1 Å². The van der Waals surface area contributed by atoms with Crippen molar-refractivity contribution in [3.8, 4) is 22.8 Å². The van der Waals surface area contributed by atoms with Crippen LogP contribution in [0.2, 0.25) is 0 Å². The first kappa shape index (κ1) is 27.7. The van der Waals surface area contributed by atoms with Crippen molar-refractivity contribution in [3.05, 3.63) is 72.6 Å². The van der Waals surface area contributed by atoms with Crippen LogP contribution in [0.15, 0.2) is 60.9 Å². The number of aromatic nitrogens is 5. The van der Waals surface area contributed by atoms with Crippen molar-refractivity contribution >= 4 is 17.5 Å². The summed E-state index contributed by atoms with van der Waals surface area (Å²) in [5.41, 5.74) is 1.25. The maximum absolute atomic E-state index is 13.6. The second-order valence-corrected chi connectivity index (χ2v) is 10.8. The molecular weight excluding hydrogens is 540 g/mol. The van der Waals surface area contributed by atoms with Gasteiger partial charge in [-0.25, -0.2) is 28.4 Å². The van der Waals surface area contributed by atoms with Crippen LogP contribution in [0, 0.1) is 11.6 Å². The van der Waals surface area contributed by atoms with Gasteiger partial charge in [-0.3, -0.25) is 4.79 Å². The van der Waals surface area contributed by atoms with Gasteiger partial charge in [0, 0.05) is 49.4 Å². The molecule has 1 amide bonds. The molecule has 0 bridgehead atoms. The fraction of sp³-hybridized carbons (Fsp3) is 0.367. The molecule has 0 aliphatic carbocycles. The lowest BCUT2D eigenvalue weighted by molar-refractivity contribution is -0.132. The fourth-order valence-corrected chi connectivity index (χ4v) is 5.36. The van der Waals surface area contributed by atoms with E-state index in [0.717, 1.165) is 37.6 Å². The number of anilines is 2. The van der Waals surface area contributed by atoms with E-state index in [1.807, 2.05) is 11.0 Å². The number of hydrogen-bond acceptors (Lipinski definition) is 8. The number of halogens is 2. The van der Waals surface area contributed by atoms with Crippen LogP contribution >= 0.6 is 0 Å². The highest BCUT2D eigenvalue weighted by Crippen LogP contribution is 2.24. The lowest BCUT2D eigenvalue weighted by atomic mass is 10.1. The lowest BCUT2D eigenvalue weighted by Gasteiger charge is -2.35. The number of rotatable bonds is 7. The Labute approximate surface area is 243 Å². The Kier molecular flexibility index (Phi) is 8.04. The van der Waals surface area contributed by atoms with Crippen LogP contribution in [0.3, 0.4) is 0 Å². The molecule has 2 aromatic carbocycles. The molecule has 10 nitrogen and oxygen atoms in total. The summed E-state index contributed by atoms with van der Waals surface area (Å²) in [5, 5.41) is 8.12. The number of amides is 1. The third-order valence-corrected chi connectivity index (χ3v) is 7.84. The van der Waals surface area contributed by atoms with Gasteiger partial charge in [0.1, 0.15) is 36.1 Å². The van der Waals surface area contributed by atoms with Gasteiger partial charge in [0.05, 0.1) is 0 Å². The Hall–Kier alpha value is -4.45. The average Bonchev–Trinajstić information content (AvgIpc) is 3.43. The van der Waals surface area contributed by atoms with Crippen LogP contribution in [0.4, 0.5) is 20.4 Å². The zero-order chi connectivity index (χ0) is 29.1. The quantitative estimate of drug-likeness (QED) is 0.359. The minimum atomic E-state index is -0.370. The summed E-state index contributed by atoms with van der Waals surface area (Å²) in [4.78, 5) is 33.2. The summed E-state index contributed by atoms with van der Waals surface area (Å²) >= 11 is 0. The number of hydrogen-bond donors (Lipinski definition) is 1. The van der Waals surface area contributed by atoms with E-state index in [0.29, 0.717) is 55.0 Å². The minimum Gasteiger partial charge on any atom is -0.367 e. The van der Waals surface area contributed by atoms with Crippen molar-refractivity contribution in [2.24, 2.45) is 0 Å². The molecule has 1 N–H and O–H groups in total. The SMILES string of the molecule is CN1CCC(Nc2cc(N3CCN(C(=O)Cn4nc(-c5ccc(F)cc5)nc4-c4ccc(F)cc4)CC3)ncn2)CC1. The third kappa shape index (κ3) is 6.38. The molecule has 2 aromatic heterocycles. The molecule has 0 spiro atoms. The molecule has 2 aliphatic heterocycles. The van der Waals surface area contributed by atoms with Gasteiger partial charge in [0.25, 0.3) is 0 Å². The normalized spacial score (nSPS) is 16.5. The van der Waals surface area contributed by atoms with Crippen molar-refractivity contribution in [1.82, 2.24) is 34.5 Å². The molecule has 0 atom stereocenters. The van der Waals surface area contributed by atoms with Crippen LogP contribution in [0.5, 0.6) is 0 Å². The summed E-state index contributed by atoms with van der Waals surface area (Å²) in [5.74, 6) is 1.63. The van der Waals surface area contributed by atoms with E-state index in [9.17, 15) is 13.6 Å². The van der Waals surface area contributed by atoms with Gasteiger partial charge >= 0.3 is 0 Å². The number of likely N-dealkylation sites (tertiary alicyclic amines) is 1. The highest BCUT2D eigenvalue weighted by molar-refractivity contribution is 5.77. The summed E-state index contributed by atoms with van der Waals surface area (Å²) in [6.07, 6.45) is 3.75. The molecule has 0 radical (unpaired) electrons. The number of piperidine rings is 1. The van der Waals surface area contributed by atoms with E-state index >= 15 is 0 Å². The summed E-state index contributed by atoms with van der Waals surface area (Å²) in [6, 6.07) is 14.1. The minimum absolute atomic E-state index is 0.0287. The van der Waals surface area contributed by atoms with Crippen LogP contribution in [-0.4, -0.2) is 92.8 Å². The highest BCUT2D eigenvalue weighted by atomic mass is 19.1. The molecule has 6 rings (SSSR count). The van der Waals surface area contributed by atoms with Crippen LogP contribution in [-0.2, 0) is 11.3 Å². The molecule has 2 saturated heterocycles. The monoisotopic (exact) mass is 573 g/mol. The Bertz CT molecular complexity index is 1510. The average molecular weight is 574 g/mol. The Balaban J connectivity index is 1.12. The van der Waals surface area contributed by atoms with E-state index in [2.05, 4.69) is 42.2 Å². The maximum Gasteiger partial charge on any atom is 0.244 e. The predicted molar refractivity (Wildman–Crippen MR) is 156 cm³/mol. The zero-order valence-corrected chi connectivity index (χ0v) is 23.5. The van der Waals surface area contributed by atoms with Gasteiger partial charge in [0.15, 0.2) is 11.6 Å². The molecule has 218 valence electrons. The largest absolute Gasteiger partial charge is 0.367 e.